The number of nitrogens with zero attached hydrogens (tertiary/aromatic N) is 4. The van der Waals surface area contributed by atoms with Gasteiger partial charge in [-0.1, -0.05) is 11.2 Å². The molecule has 1 atom stereocenters. The molecule has 0 saturated carbocycles. The zero-order valence-corrected chi connectivity index (χ0v) is 17.3. The second kappa shape index (κ2) is 9.41. The van der Waals surface area contributed by atoms with Gasteiger partial charge in [0.2, 0.25) is 17.6 Å². The summed E-state index contributed by atoms with van der Waals surface area (Å²) >= 11 is 1.64. The average Bonchev–Trinajstić information content (AvgIpc) is 3.45. The summed E-state index contributed by atoms with van der Waals surface area (Å²) in [6.45, 7) is 2.01. The maximum absolute atomic E-state index is 12.7. The molecule has 7 nitrogen and oxygen atoms in total. The second-order valence-electron chi connectivity index (χ2n) is 6.91. The van der Waals surface area contributed by atoms with E-state index < -0.39 is 0 Å². The van der Waals surface area contributed by atoms with Gasteiger partial charge in [0.25, 0.3) is 0 Å². The van der Waals surface area contributed by atoms with Crippen molar-refractivity contribution in [2.24, 2.45) is 0 Å². The van der Waals surface area contributed by atoms with Crippen molar-refractivity contribution in [3.05, 3.63) is 82.4 Å². The summed E-state index contributed by atoms with van der Waals surface area (Å²) in [6, 6.07) is 9.46. The van der Waals surface area contributed by atoms with Gasteiger partial charge in [-0.3, -0.25) is 14.8 Å². The van der Waals surface area contributed by atoms with Crippen LogP contribution in [0.2, 0.25) is 0 Å². The van der Waals surface area contributed by atoms with Gasteiger partial charge < -0.3 is 9.84 Å². The molecule has 0 aromatic carbocycles. The first-order valence-electron chi connectivity index (χ1n) is 9.64. The summed E-state index contributed by atoms with van der Waals surface area (Å²) in [5, 5.41) is 11.2. The van der Waals surface area contributed by atoms with Crippen LogP contribution >= 0.6 is 11.3 Å². The van der Waals surface area contributed by atoms with E-state index >= 15 is 0 Å². The number of pyridine rings is 2. The Morgan fingerprint density at radius 2 is 2.13 bits per heavy atom. The molecule has 4 rings (SSSR count). The van der Waals surface area contributed by atoms with Crippen LogP contribution in [-0.4, -0.2) is 26.0 Å². The molecule has 0 aliphatic carbocycles. The molecule has 0 fully saturated rings. The topological polar surface area (TPSA) is 93.8 Å². The van der Waals surface area contributed by atoms with Crippen LogP contribution in [0.3, 0.4) is 0 Å². The monoisotopic (exact) mass is 419 g/mol. The lowest BCUT2D eigenvalue weighted by atomic mass is 10.0. The van der Waals surface area contributed by atoms with Crippen LogP contribution in [0.15, 0.2) is 64.2 Å². The first-order valence-corrected chi connectivity index (χ1v) is 10.6. The molecular weight excluding hydrogens is 398 g/mol. The highest BCUT2D eigenvalue weighted by atomic mass is 32.1. The fourth-order valence-corrected chi connectivity index (χ4v) is 3.86. The van der Waals surface area contributed by atoms with E-state index in [4.69, 9.17) is 4.52 Å². The molecule has 4 heterocycles. The third kappa shape index (κ3) is 4.96. The maximum Gasteiger partial charge on any atom is 0.227 e. The fraction of sp³-hybridized carbons (Fsp3) is 0.227. The molecule has 8 heteroatoms. The molecule has 0 saturated heterocycles. The number of aromatic nitrogens is 4. The Balaban J connectivity index is 1.40. The molecule has 0 unspecified atom stereocenters. The van der Waals surface area contributed by atoms with Gasteiger partial charge in [0.05, 0.1) is 11.7 Å². The molecule has 0 bridgehead atoms. The van der Waals surface area contributed by atoms with E-state index in [1.807, 2.05) is 36.6 Å². The van der Waals surface area contributed by atoms with Gasteiger partial charge in [-0.2, -0.15) is 16.3 Å². The standard InChI is InChI=1S/C22H21N5O2S/c1-15-4-2-10-24-21(15)18(12-16-8-11-30-14-16)25-19(28)6-7-20-26-22(27-29-20)17-5-3-9-23-13-17/h2-5,8-11,13-14,18H,6-7,12H2,1H3,(H,25,28)/t18-/m1/s1. The molecule has 0 aliphatic heterocycles. The normalized spacial score (nSPS) is 11.9. The minimum atomic E-state index is -0.193. The van der Waals surface area contributed by atoms with Crippen LogP contribution in [0.1, 0.15) is 35.2 Å². The molecule has 0 radical (unpaired) electrons. The smallest absolute Gasteiger partial charge is 0.227 e. The Labute approximate surface area is 178 Å². The van der Waals surface area contributed by atoms with Gasteiger partial charge in [-0.05, 0) is 59.5 Å². The van der Waals surface area contributed by atoms with Crippen molar-refractivity contribution in [1.82, 2.24) is 25.4 Å². The van der Waals surface area contributed by atoms with Crippen LogP contribution < -0.4 is 5.32 Å². The molecule has 152 valence electrons. The second-order valence-corrected chi connectivity index (χ2v) is 7.69. The van der Waals surface area contributed by atoms with Gasteiger partial charge in [-0.15, -0.1) is 0 Å². The third-order valence-electron chi connectivity index (χ3n) is 4.69. The first-order chi connectivity index (χ1) is 14.7. The van der Waals surface area contributed by atoms with E-state index in [9.17, 15) is 4.79 Å². The molecule has 0 spiro atoms. The summed E-state index contributed by atoms with van der Waals surface area (Å²) < 4.78 is 5.28. The summed E-state index contributed by atoms with van der Waals surface area (Å²) in [4.78, 5) is 25.6. The number of nitrogens with one attached hydrogen (secondary N) is 1. The number of rotatable bonds is 8. The fourth-order valence-electron chi connectivity index (χ4n) is 3.18. The minimum Gasteiger partial charge on any atom is -0.347 e. The lowest BCUT2D eigenvalue weighted by Crippen LogP contribution is -2.31. The number of hydrogen-bond acceptors (Lipinski definition) is 7. The number of amides is 1. The third-order valence-corrected chi connectivity index (χ3v) is 5.42. The number of carbonyl (C=O) groups excluding carboxylic acids is 1. The van der Waals surface area contributed by atoms with E-state index in [0.29, 0.717) is 24.6 Å². The maximum atomic E-state index is 12.7. The largest absolute Gasteiger partial charge is 0.347 e. The molecular formula is C22H21N5O2S. The first kappa shape index (κ1) is 19.9. The Bertz CT molecular complexity index is 1100. The van der Waals surface area contributed by atoms with Gasteiger partial charge >= 0.3 is 0 Å². The number of aryl methyl sites for hydroxylation is 2. The summed E-state index contributed by atoms with van der Waals surface area (Å²) in [5.74, 6) is 0.812. The SMILES string of the molecule is Cc1cccnc1[C@@H](Cc1ccsc1)NC(=O)CCc1nc(-c2cccnc2)no1. The lowest BCUT2D eigenvalue weighted by Gasteiger charge is -2.19. The van der Waals surface area contributed by atoms with Crippen molar-refractivity contribution in [3.8, 4) is 11.4 Å². The van der Waals surface area contributed by atoms with Crippen LogP contribution in [0.4, 0.5) is 0 Å². The lowest BCUT2D eigenvalue weighted by molar-refractivity contribution is -0.121. The van der Waals surface area contributed by atoms with Crippen molar-refractivity contribution in [2.75, 3.05) is 0 Å². The number of thiophene rings is 1. The Morgan fingerprint density at radius 1 is 1.23 bits per heavy atom. The highest BCUT2D eigenvalue weighted by molar-refractivity contribution is 7.07. The summed E-state index contributed by atoms with van der Waals surface area (Å²) in [5.41, 5.74) is 3.89. The number of hydrogen-bond donors (Lipinski definition) is 1. The van der Waals surface area contributed by atoms with Crippen LogP contribution in [0.5, 0.6) is 0 Å². The predicted octanol–water partition coefficient (Wildman–Crippen LogP) is 3.93. The van der Waals surface area contributed by atoms with Gasteiger partial charge in [0.1, 0.15) is 0 Å². The van der Waals surface area contributed by atoms with E-state index in [0.717, 1.165) is 16.8 Å². The van der Waals surface area contributed by atoms with Crippen molar-refractivity contribution < 1.29 is 9.32 Å². The van der Waals surface area contributed by atoms with Gasteiger partial charge in [0, 0.05) is 37.0 Å². The average molecular weight is 420 g/mol. The summed E-state index contributed by atoms with van der Waals surface area (Å²) in [6.07, 6.45) is 6.43. The van der Waals surface area contributed by atoms with Crippen LogP contribution in [0, 0.1) is 6.92 Å². The van der Waals surface area contributed by atoms with Crippen LogP contribution in [0.25, 0.3) is 11.4 Å². The van der Waals surface area contributed by atoms with Crippen molar-refractivity contribution >= 4 is 17.2 Å². The van der Waals surface area contributed by atoms with E-state index in [1.165, 1.54) is 5.56 Å². The minimum absolute atomic E-state index is 0.0820. The molecule has 30 heavy (non-hydrogen) atoms. The molecule has 1 amide bonds. The van der Waals surface area contributed by atoms with Crippen LogP contribution in [-0.2, 0) is 17.6 Å². The van der Waals surface area contributed by atoms with E-state index in [-0.39, 0.29) is 18.4 Å². The molecule has 0 aliphatic rings. The molecule has 4 aromatic heterocycles. The van der Waals surface area contributed by atoms with E-state index in [2.05, 4.69) is 36.9 Å². The molecule has 1 N–H and O–H groups in total. The Hall–Kier alpha value is -3.39. The highest BCUT2D eigenvalue weighted by Gasteiger charge is 2.19. The zero-order chi connectivity index (χ0) is 20.8. The van der Waals surface area contributed by atoms with Crippen molar-refractivity contribution in [2.45, 2.75) is 32.2 Å². The predicted molar refractivity (Wildman–Crippen MR) is 114 cm³/mol. The highest BCUT2D eigenvalue weighted by Crippen LogP contribution is 2.21. The van der Waals surface area contributed by atoms with Gasteiger partial charge in [0.15, 0.2) is 0 Å². The van der Waals surface area contributed by atoms with E-state index in [1.54, 1.807) is 29.9 Å². The quantitative estimate of drug-likeness (QED) is 0.465. The van der Waals surface area contributed by atoms with Crippen molar-refractivity contribution in [3.63, 3.8) is 0 Å². The zero-order valence-electron chi connectivity index (χ0n) is 16.5. The molecule has 4 aromatic rings. The van der Waals surface area contributed by atoms with Crippen molar-refractivity contribution in [1.29, 1.82) is 0 Å². The Morgan fingerprint density at radius 3 is 2.90 bits per heavy atom. The Kier molecular flexibility index (Phi) is 6.24. The number of carbonyl (C=O) groups is 1. The summed E-state index contributed by atoms with van der Waals surface area (Å²) in [7, 11) is 0. The van der Waals surface area contributed by atoms with Gasteiger partial charge in [-0.25, -0.2) is 0 Å².